The summed E-state index contributed by atoms with van der Waals surface area (Å²) in [5.74, 6) is 1.64. The Balaban J connectivity index is 1.76. The molecule has 0 radical (unpaired) electrons. The van der Waals surface area contributed by atoms with E-state index in [1.807, 2.05) is 24.3 Å². The Hall–Kier alpha value is -2.87. The maximum Gasteiger partial charge on any atom is 0.260 e. The van der Waals surface area contributed by atoms with Crippen molar-refractivity contribution in [2.75, 3.05) is 12.4 Å². The Bertz CT molecular complexity index is 876. The molecule has 3 rings (SSSR count). The zero-order valence-corrected chi connectivity index (χ0v) is 14.2. The zero-order valence-electron chi connectivity index (χ0n) is 13.4. The summed E-state index contributed by atoms with van der Waals surface area (Å²) in [5, 5.41) is 3.15. The Kier molecular flexibility index (Phi) is 4.48. The molecule has 0 aliphatic heterocycles. The van der Waals surface area contributed by atoms with Crippen LogP contribution >= 0.6 is 11.5 Å². The van der Waals surface area contributed by atoms with Crippen LogP contribution in [0.3, 0.4) is 0 Å². The fourth-order valence-electron chi connectivity index (χ4n) is 2.10. The predicted octanol–water partition coefficient (Wildman–Crippen LogP) is 2.87. The largest absolute Gasteiger partial charge is 0.497 e. The number of anilines is 1. The summed E-state index contributed by atoms with van der Waals surface area (Å²) in [7, 11) is 1.61. The van der Waals surface area contributed by atoms with Crippen molar-refractivity contribution in [3.63, 3.8) is 0 Å². The maximum absolute atomic E-state index is 12.3. The number of hydrogen-bond donors (Lipinski definition) is 1. The van der Waals surface area contributed by atoms with Crippen molar-refractivity contribution in [2.45, 2.75) is 13.8 Å². The number of amides is 1. The van der Waals surface area contributed by atoms with Gasteiger partial charge in [0.05, 0.1) is 18.4 Å². The third kappa shape index (κ3) is 3.38. The minimum absolute atomic E-state index is 0.301. The molecule has 0 saturated heterocycles. The van der Waals surface area contributed by atoms with Crippen molar-refractivity contribution >= 4 is 22.6 Å². The molecule has 0 unspecified atom stereocenters. The number of carbonyl (C=O) groups is 1. The summed E-state index contributed by atoms with van der Waals surface area (Å²) >= 11 is 1.12. The normalized spacial score (nSPS) is 10.5. The second kappa shape index (κ2) is 6.71. The summed E-state index contributed by atoms with van der Waals surface area (Å²) in [6.45, 7) is 3.55. The number of carbonyl (C=O) groups excluding carboxylic acids is 1. The molecular formula is C16H15N5O2S. The van der Waals surface area contributed by atoms with Crippen LogP contribution in [0.5, 0.6) is 5.75 Å². The molecule has 0 bridgehead atoms. The van der Waals surface area contributed by atoms with Gasteiger partial charge in [0, 0.05) is 23.3 Å². The van der Waals surface area contributed by atoms with Gasteiger partial charge in [-0.1, -0.05) is 0 Å². The summed E-state index contributed by atoms with van der Waals surface area (Å²) in [4.78, 5) is 24.9. The molecule has 24 heavy (non-hydrogen) atoms. The number of aryl methyl sites for hydroxylation is 2. The van der Waals surface area contributed by atoms with Gasteiger partial charge in [-0.25, -0.2) is 9.97 Å². The molecule has 2 aromatic heterocycles. The van der Waals surface area contributed by atoms with Crippen molar-refractivity contribution in [3.05, 3.63) is 47.5 Å². The van der Waals surface area contributed by atoms with Crippen LogP contribution < -0.4 is 10.1 Å². The van der Waals surface area contributed by atoms with Gasteiger partial charge in [0.2, 0.25) is 5.13 Å². The van der Waals surface area contributed by atoms with Crippen LogP contribution in [0.1, 0.15) is 21.9 Å². The SMILES string of the molecule is COc1ccc(-c2nsc(NC(=O)c3cnc(C)nc3C)n2)cc1. The Morgan fingerprint density at radius 2 is 1.92 bits per heavy atom. The van der Waals surface area contributed by atoms with E-state index in [2.05, 4.69) is 24.6 Å². The number of nitrogens with zero attached hydrogens (tertiary/aromatic N) is 4. The van der Waals surface area contributed by atoms with Gasteiger partial charge < -0.3 is 4.74 Å². The second-order valence-corrected chi connectivity index (χ2v) is 5.77. The van der Waals surface area contributed by atoms with Crippen LogP contribution in [-0.4, -0.2) is 32.3 Å². The molecule has 122 valence electrons. The summed E-state index contributed by atoms with van der Waals surface area (Å²) in [6.07, 6.45) is 1.51. The van der Waals surface area contributed by atoms with E-state index in [1.165, 1.54) is 6.20 Å². The fraction of sp³-hybridized carbons (Fsp3) is 0.188. The fourth-order valence-corrected chi connectivity index (χ4v) is 2.69. The molecule has 0 fully saturated rings. The maximum atomic E-state index is 12.3. The van der Waals surface area contributed by atoms with Gasteiger partial charge in [0.25, 0.3) is 5.91 Å². The predicted molar refractivity (Wildman–Crippen MR) is 91.4 cm³/mol. The highest BCUT2D eigenvalue weighted by atomic mass is 32.1. The molecule has 7 nitrogen and oxygen atoms in total. The van der Waals surface area contributed by atoms with Gasteiger partial charge in [-0.3, -0.25) is 10.1 Å². The molecule has 0 aliphatic carbocycles. The molecule has 1 amide bonds. The molecule has 0 saturated carbocycles. The van der Waals surface area contributed by atoms with Crippen molar-refractivity contribution < 1.29 is 9.53 Å². The summed E-state index contributed by atoms with van der Waals surface area (Å²) in [6, 6.07) is 7.40. The lowest BCUT2D eigenvalue weighted by molar-refractivity contribution is 0.102. The van der Waals surface area contributed by atoms with Gasteiger partial charge >= 0.3 is 0 Å². The first kappa shape index (κ1) is 16.0. The van der Waals surface area contributed by atoms with E-state index < -0.39 is 0 Å². The standard InChI is InChI=1S/C16H15N5O2S/c1-9-13(8-17-10(2)18-9)15(22)20-16-19-14(21-24-16)11-4-6-12(23-3)7-5-11/h4-8H,1-3H3,(H,19,20,21,22). The van der Waals surface area contributed by atoms with Gasteiger partial charge in [-0.2, -0.15) is 9.36 Å². The highest BCUT2D eigenvalue weighted by Gasteiger charge is 2.14. The average molecular weight is 341 g/mol. The minimum Gasteiger partial charge on any atom is -0.497 e. The third-order valence-corrected chi connectivity index (χ3v) is 3.97. The van der Waals surface area contributed by atoms with Crippen molar-refractivity contribution in [2.24, 2.45) is 0 Å². The number of ether oxygens (including phenoxy) is 1. The lowest BCUT2D eigenvalue weighted by atomic mass is 10.2. The first-order chi connectivity index (χ1) is 11.6. The van der Waals surface area contributed by atoms with Gasteiger partial charge in [0.1, 0.15) is 11.6 Å². The van der Waals surface area contributed by atoms with E-state index >= 15 is 0 Å². The molecule has 3 aromatic rings. The smallest absolute Gasteiger partial charge is 0.260 e. The number of hydrogen-bond acceptors (Lipinski definition) is 7. The van der Waals surface area contributed by atoms with E-state index in [9.17, 15) is 4.79 Å². The Morgan fingerprint density at radius 3 is 2.58 bits per heavy atom. The van der Waals surface area contributed by atoms with Crippen LogP contribution in [0.4, 0.5) is 5.13 Å². The van der Waals surface area contributed by atoms with Gasteiger partial charge in [0.15, 0.2) is 5.82 Å². The lowest BCUT2D eigenvalue weighted by Gasteiger charge is -2.04. The van der Waals surface area contributed by atoms with E-state index in [-0.39, 0.29) is 5.91 Å². The topological polar surface area (TPSA) is 89.9 Å². The molecule has 1 aromatic carbocycles. The van der Waals surface area contributed by atoms with E-state index in [4.69, 9.17) is 4.74 Å². The number of benzene rings is 1. The molecular weight excluding hydrogens is 326 g/mol. The summed E-state index contributed by atoms with van der Waals surface area (Å²) in [5.41, 5.74) is 1.89. The van der Waals surface area contributed by atoms with E-state index in [0.717, 1.165) is 22.8 Å². The van der Waals surface area contributed by atoms with Crippen LogP contribution in [0.2, 0.25) is 0 Å². The van der Waals surface area contributed by atoms with Crippen molar-refractivity contribution in [1.82, 2.24) is 19.3 Å². The molecule has 8 heteroatoms. The molecule has 0 atom stereocenters. The van der Waals surface area contributed by atoms with Crippen molar-refractivity contribution in [3.8, 4) is 17.1 Å². The number of nitrogens with one attached hydrogen (secondary N) is 1. The number of aromatic nitrogens is 4. The average Bonchev–Trinajstić information content (AvgIpc) is 3.03. The second-order valence-electron chi connectivity index (χ2n) is 5.02. The van der Waals surface area contributed by atoms with Crippen LogP contribution in [0.15, 0.2) is 30.5 Å². The van der Waals surface area contributed by atoms with Crippen molar-refractivity contribution in [1.29, 1.82) is 0 Å². The Labute approximate surface area is 142 Å². The quantitative estimate of drug-likeness (QED) is 0.785. The third-order valence-electron chi connectivity index (χ3n) is 3.34. The first-order valence-corrected chi connectivity index (χ1v) is 7.94. The van der Waals surface area contributed by atoms with Gasteiger partial charge in [-0.05, 0) is 38.1 Å². The highest BCUT2D eigenvalue weighted by molar-refractivity contribution is 7.10. The van der Waals surface area contributed by atoms with Gasteiger partial charge in [-0.15, -0.1) is 0 Å². The van der Waals surface area contributed by atoms with E-state index in [1.54, 1.807) is 21.0 Å². The van der Waals surface area contributed by atoms with Crippen LogP contribution in [0, 0.1) is 13.8 Å². The Morgan fingerprint density at radius 1 is 1.17 bits per heavy atom. The molecule has 0 aliphatic rings. The summed E-state index contributed by atoms with van der Waals surface area (Å²) < 4.78 is 9.39. The zero-order chi connectivity index (χ0) is 17.1. The lowest BCUT2D eigenvalue weighted by Crippen LogP contribution is -2.15. The molecule has 2 heterocycles. The molecule has 1 N–H and O–H groups in total. The number of methoxy groups -OCH3 is 1. The van der Waals surface area contributed by atoms with E-state index in [0.29, 0.717) is 28.0 Å². The first-order valence-electron chi connectivity index (χ1n) is 7.16. The van der Waals surface area contributed by atoms with Crippen LogP contribution in [-0.2, 0) is 0 Å². The monoisotopic (exact) mass is 341 g/mol. The number of rotatable bonds is 4. The minimum atomic E-state index is -0.301. The highest BCUT2D eigenvalue weighted by Crippen LogP contribution is 2.23. The molecule has 0 spiro atoms. The van der Waals surface area contributed by atoms with Crippen LogP contribution in [0.25, 0.3) is 11.4 Å².